The van der Waals surface area contributed by atoms with Gasteiger partial charge in [-0.15, -0.1) is 0 Å². The number of pyridine rings is 1. The fourth-order valence-corrected chi connectivity index (χ4v) is 6.55. The van der Waals surface area contributed by atoms with Crippen LogP contribution in [0.15, 0.2) is 60.8 Å². The number of halogens is 1. The zero-order valence-corrected chi connectivity index (χ0v) is 22.6. The van der Waals surface area contributed by atoms with Crippen LogP contribution in [-0.4, -0.2) is 17.1 Å². The molecule has 5 rings (SSSR count). The Hall–Kier alpha value is -2.80. The normalized spacial score (nSPS) is 18.1. The van der Waals surface area contributed by atoms with Gasteiger partial charge in [0.05, 0.1) is 6.61 Å². The molecule has 2 aromatic carbocycles. The highest BCUT2D eigenvalue weighted by Crippen LogP contribution is 2.52. The highest BCUT2D eigenvalue weighted by atomic mass is 35.5. The Balaban J connectivity index is 1.21. The van der Waals surface area contributed by atoms with Gasteiger partial charge >= 0.3 is 0 Å². The maximum Gasteiger partial charge on any atom is 0.122 e. The fraction of sp³-hybridized carbons (Fsp3) is 0.424. The van der Waals surface area contributed by atoms with Crippen LogP contribution in [0.1, 0.15) is 81.0 Å². The van der Waals surface area contributed by atoms with Crippen molar-refractivity contribution in [2.75, 3.05) is 6.61 Å². The van der Waals surface area contributed by atoms with Gasteiger partial charge in [0.15, 0.2) is 0 Å². The van der Waals surface area contributed by atoms with E-state index in [1.165, 1.54) is 57.8 Å². The van der Waals surface area contributed by atoms with Crippen LogP contribution in [0.5, 0.6) is 5.75 Å². The van der Waals surface area contributed by atoms with Crippen LogP contribution in [0.25, 0.3) is 11.1 Å². The maximum atomic E-state index is 7.04. The van der Waals surface area contributed by atoms with Crippen LogP contribution in [0.4, 0.5) is 0 Å². The van der Waals surface area contributed by atoms with E-state index < -0.39 is 0 Å². The lowest BCUT2D eigenvalue weighted by molar-refractivity contribution is 0.0433. The number of rotatable bonds is 6. The summed E-state index contributed by atoms with van der Waals surface area (Å²) in [6.07, 6.45) is 14.3. The molecule has 0 amide bonds. The van der Waals surface area contributed by atoms with Crippen molar-refractivity contribution in [3.8, 4) is 28.7 Å². The third-order valence-electron chi connectivity index (χ3n) is 8.65. The number of hydrogen-bond acceptors (Lipinski definition) is 3. The Morgan fingerprint density at radius 3 is 2.24 bits per heavy atom. The van der Waals surface area contributed by atoms with Gasteiger partial charge in [0.2, 0.25) is 0 Å². The largest absolute Gasteiger partial charge is 0.493 e. The van der Waals surface area contributed by atoms with Gasteiger partial charge in [-0.25, -0.2) is 4.98 Å². The molecule has 2 aliphatic carbocycles. The molecule has 192 valence electrons. The van der Waals surface area contributed by atoms with E-state index in [0.717, 1.165) is 51.7 Å². The van der Waals surface area contributed by atoms with E-state index in [2.05, 4.69) is 35.9 Å². The first-order valence-electron chi connectivity index (χ1n) is 13.7. The summed E-state index contributed by atoms with van der Waals surface area (Å²) in [6.45, 7) is 2.83. The number of benzene rings is 2. The molecule has 3 nitrogen and oxygen atoms in total. The maximum absolute atomic E-state index is 7.04. The smallest absolute Gasteiger partial charge is 0.122 e. The van der Waals surface area contributed by atoms with Crippen LogP contribution in [0.2, 0.25) is 5.02 Å². The third-order valence-corrected chi connectivity index (χ3v) is 8.90. The van der Waals surface area contributed by atoms with E-state index in [1.54, 1.807) is 0 Å². The summed E-state index contributed by atoms with van der Waals surface area (Å²) >= 11 is 5.99. The van der Waals surface area contributed by atoms with Crippen molar-refractivity contribution < 1.29 is 4.74 Å². The summed E-state index contributed by atoms with van der Waals surface area (Å²) in [5.41, 5.74) is 12.2. The minimum atomic E-state index is 0.00628. The van der Waals surface area contributed by atoms with Crippen LogP contribution in [-0.2, 0) is 0 Å². The summed E-state index contributed by atoms with van der Waals surface area (Å²) in [5, 5.41) is 0.729. The first-order valence-corrected chi connectivity index (χ1v) is 14.1. The molecule has 2 aliphatic rings. The van der Waals surface area contributed by atoms with Gasteiger partial charge in [-0.05, 0) is 97.9 Å². The van der Waals surface area contributed by atoms with E-state index in [9.17, 15) is 0 Å². The summed E-state index contributed by atoms with van der Waals surface area (Å²) in [7, 11) is 0. The summed E-state index contributed by atoms with van der Waals surface area (Å²) in [6, 6.07) is 18.0. The van der Waals surface area contributed by atoms with Gasteiger partial charge in [0, 0.05) is 27.9 Å². The second kappa shape index (κ2) is 11.3. The predicted octanol–water partition coefficient (Wildman–Crippen LogP) is 8.10. The number of hydrogen-bond donors (Lipinski definition) is 1. The molecule has 0 spiro atoms. The monoisotopic (exact) mass is 512 g/mol. The first kappa shape index (κ1) is 25.8. The summed E-state index contributed by atoms with van der Waals surface area (Å²) < 4.78 is 6.33. The van der Waals surface area contributed by atoms with E-state index >= 15 is 0 Å². The van der Waals surface area contributed by atoms with Gasteiger partial charge in [-0.3, -0.25) is 0 Å². The lowest BCUT2D eigenvalue weighted by Crippen LogP contribution is -2.55. The lowest BCUT2D eigenvalue weighted by Gasteiger charge is -2.49. The Bertz CT molecular complexity index is 1260. The molecule has 2 N–H and O–H groups in total. The molecule has 3 aromatic rings. The topological polar surface area (TPSA) is 48.1 Å². The second-order valence-corrected chi connectivity index (χ2v) is 11.4. The average Bonchev–Trinajstić information content (AvgIpc) is 3.38. The fourth-order valence-electron chi connectivity index (χ4n) is 6.42. The molecule has 4 heteroatoms. The van der Waals surface area contributed by atoms with Crippen LogP contribution >= 0.6 is 11.6 Å². The summed E-state index contributed by atoms with van der Waals surface area (Å²) in [4.78, 5) is 4.52. The number of aryl methyl sites for hydroxylation is 1. The van der Waals surface area contributed by atoms with Crippen molar-refractivity contribution in [3.05, 3.63) is 82.6 Å². The van der Waals surface area contributed by atoms with E-state index in [4.69, 9.17) is 22.1 Å². The standard InChI is InChI=1S/C33H37ClN2O/c1-25-23-26(7-14-30-15-11-28(24-36-30)27-9-12-29(34)13-10-27)8-16-31(25)37-22-21-32(17-3-2-4-18-32)33(35)19-5-6-20-33/h8-13,15-16,23-24H,2-6,17-22,35H2,1H3. The number of nitrogens with two attached hydrogens (primary N) is 1. The van der Waals surface area contributed by atoms with Crippen molar-refractivity contribution in [3.63, 3.8) is 0 Å². The average molecular weight is 513 g/mol. The quantitative estimate of drug-likeness (QED) is 0.339. The van der Waals surface area contributed by atoms with E-state index in [-0.39, 0.29) is 11.0 Å². The van der Waals surface area contributed by atoms with Crippen molar-refractivity contribution in [2.24, 2.45) is 11.1 Å². The van der Waals surface area contributed by atoms with Crippen LogP contribution in [0, 0.1) is 24.2 Å². The number of aromatic nitrogens is 1. The molecule has 0 unspecified atom stereocenters. The van der Waals surface area contributed by atoms with Gasteiger partial charge < -0.3 is 10.5 Å². The van der Waals surface area contributed by atoms with Gasteiger partial charge in [0.25, 0.3) is 0 Å². The second-order valence-electron chi connectivity index (χ2n) is 11.0. The Morgan fingerprint density at radius 1 is 0.865 bits per heavy atom. The van der Waals surface area contributed by atoms with Crippen molar-refractivity contribution in [2.45, 2.75) is 76.7 Å². The molecule has 0 radical (unpaired) electrons. The van der Waals surface area contributed by atoms with Gasteiger partial charge in [-0.2, -0.15) is 0 Å². The van der Waals surface area contributed by atoms with Gasteiger partial charge in [0.1, 0.15) is 11.4 Å². The zero-order valence-electron chi connectivity index (χ0n) is 21.9. The highest BCUT2D eigenvalue weighted by molar-refractivity contribution is 6.30. The molecule has 2 fully saturated rings. The van der Waals surface area contributed by atoms with E-state index in [1.807, 2.05) is 48.7 Å². The molecule has 1 aromatic heterocycles. The Labute approximate surface area is 226 Å². The molecular formula is C33H37ClN2O. The van der Waals surface area contributed by atoms with Crippen LogP contribution in [0.3, 0.4) is 0 Å². The molecule has 37 heavy (non-hydrogen) atoms. The zero-order chi connectivity index (χ0) is 25.7. The summed E-state index contributed by atoms with van der Waals surface area (Å²) in [5.74, 6) is 7.38. The molecule has 1 heterocycles. The minimum absolute atomic E-state index is 0.00628. The molecular weight excluding hydrogens is 476 g/mol. The van der Waals surface area contributed by atoms with E-state index in [0.29, 0.717) is 0 Å². The van der Waals surface area contributed by atoms with Crippen molar-refractivity contribution in [1.29, 1.82) is 0 Å². The Morgan fingerprint density at radius 2 is 1.57 bits per heavy atom. The highest BCUT2D eigenvalue weighted by Gasteiger charge is 2.49. The van der Waals surface area contributed by atoms with Crippen molar-refractivity contribution >= 4 is 11.6 Å². The number of ether oxygens (including phenoxy) is 1. The van der Waals surface area contributed by atoms with Gasteiger partial charge in [-0.1, -0.05) is 67.8 Å². The lowest BCUT2D eigenvalue weighted by atomic mass is 9.59. The number of nitrogens with zero attached hydrogens (tertiary/aromatic N) is 1. The predicted molar refractivity (Wildman–Crippen MR) is 153 cm³/mol. The van der Waals surface area contributed by atoms with Crippen LogP contribution < -0.4 is 10.5 Å². The SMILES string of the molecule is Cc1cc(C#Cc2ccc(-c3ccc(Cl)cc3)cn2)ccc1OCCC1(C2(N)CCCC2)CCCCC1. The molecule has 0 bridgehead atoms. The molecule has 0 atom stereocenters. The molecule has 0 saturated heterocycles. The molecule has 0 aliphatic heterocycles. The Kier molecular flexibility index (Phi) is 7.89. The van der Waals surface area contributed by atoms with Crippen molar-refractivity contribution in [1.82, 2.24) is 4.98 Å². The first-order chi connectivity index (χ1) is 18.0. The third kappa shape index (κ3) is 5.87. The minimum Gasteiger partial charge on any atom is -0.493 e. The molecule has 2 saturated carbocycles.